The zero-order chi connectivity index (χ0) is 16.9. The zero-order valence-electron chi connectivity index (χ0n) is 12.8. The highest BCUT2D eigenvalue weighted by molar-refractivity contribution is 7.92. The van der Waals surface area contributed by atoms with Crippen molar-refractivity contribution >= 4 is 27.8 Å². The number of furan rings is 1. The summed E-state index contributed by atoms with van der Waals surface area (Å²) in [7, 11) is -3.60. The summed E-state index contributed by atoms with van der Waals surface area (Å²) in [5.41, 5.74) is 3.60. The highest BCUT2D eigenvalue weighted by Crippen LogP contribution is 2.18. The van der Waals surface area contributed by atoms with Gasteiger partial charge in [-0.15, -0.1) is 0 Å². The topological polar surface area (TPSA) is 92.0 Å². The van der Waals surface area contributed by atoms with E-state index in [0.29, 0.717) is 11.4 Å². The lowest BCUT2D eigenvalue weighted by Crippen LogP contribution is -2.39. The second kappa shape index (κ2) is 7.10. The van der Waals surface area contributed by atoms with Crippen LogP contribution in [-0.2, 0) is 14.8 Å². The summed E-state index contributed by atoms with van der Waals surface area (Å²) < 4.78 is 29.9. The third-order valence-electron chi connectivity index (χ3n) is 2.90. The fourth-order valence-electron chi connectivity index (χ4n) is 1.88. The molecule has 0 bridgehead atoms. The van der Waals surface area contributed by atoms with Gasteiger partial charge in [0.2, 0.25) is 10.0 Å². The van der Waals surface area contributed by atoms with Crippen LogP contribution in [0.25, 0.3) is 0 Å². The Morgan fingerprint density at radius 2 is 2.13 bits per heavy atom. The highest BCUT2D eigenvalue weighted by atomic mass is 32.2. The fraction of sp³-hybridized carbons (Fsp3) is 0.200. The number of hydrogen-bond acceptors (Lipinski definition) is 5. The molecular formula is C15H17N3O4S. The van der Waals surface area contributed by atoms with E-state index >= 15 is 0 Å². The number of amides is 1. The second-order valence-corrected chi connectivity index (χ2v) is 6.82. The molecule has 7 nitrogen and oxygen atoms in total. The monoisotopic (exact) mass is 335 g/mol. The van der Waals surface area contributed by atoms with Crippen molar-refractivity contribution in [2.24, 2.45) is 5.10 Å². The number of anilines is 1. The molecule has 1 aromatic carbocycles. The standard InChI is InChI=1S/C15H17N3O4S/c1-12-5-3-6-13(9-12)18(23(2,20)21)11-15(19)17-16-10-14-7-4-8-22-14/h3-10H,11H2,1-2H3,(H,17,19)/b16-10+. The van der Waals surface area contributed by atoms with Crippen molar-refractivity contribution in [1.29, 1.82) is 0 Å². The average molecular weight is 335 g/mol. The van der Waals surface area contributed by atoms with E-state index in [1.807, 2.05) is 13.0 Å². The van der Waals surface area contributed by atoms with Crippen LogP contribution in [0.15, 0.2) is 52.2 Å². The minimum Gasteiger partial charge on any atom is -0.463 e. The highest BCUT2D eigenvalue weighted by Gasteiger charge is 2.20. The molecule has 8 heteroatoms. The molecule has 0 aliphatic rings. The van der Waals surface area contributed by atoms with E-state index < -0.39 is 15.9 Å². The Kier molecular flexibility index (Phi) is 5.17. The molecule has 0 spiro atoms. The first kappa shape index (κ1) is 16.8. The Balaban J connectivity index is 2.08. The van der Waals surface area contributed by atoms with E-state index in [1.54, 1.807) is 30.3 Å². The van der Waals surface area contributed by atoms with Crippen LogP contribution in [0.2, 0.25) is 0 Å². The van der Waals surface area contributed by atoms with Crippen LogP contribution in [0.3, 0.4) is 0 Å². The zero-order valence-corrected chi connectivity index (χ0v) is 13.6. The number of nitrogens with one attached hydrogen (secondary N) is 1. The van der Waals surface area contributed by atoms with Crippen LogP contribution in [-0.4, -0.2) is 33.3 Å². The number of carbonyl (C=O) groups excluding carboxylic acids is 1. The summed E-state index contributed by atoms with van der Waals surface area (Å²) in [4.78, 5) is 11.9. The quantitative estimate of drug-likeness (QED) is 0.640. The number of rotatable bonds is 6. The van der Waals surface area contributed by atoms with Gasteiger partial charge in [-0.25, -0.2) is 13.8 Å². The van der Waals surface area contributed by atoms with Gasteiger partial charge in [0, 0.05) is 0 Å². The number of sulfonamides is 1. The molecule has 1 heterocycles. The predicted octanol–water partition coefficient (Wildman–Crippen LogP) is 1.50. The summed E-state index contributed by atoms with van der Waals surface area (Å²) in [6.45, 7) is 1.48. The molecule has 0 unspecified atom stereocenters. The molecule has 2 aromatic rings. The molecular weight excluding hydrogens is 318 g/mol. The third kappa shape index (κ3) is 4.96. The molecule has 0 saturated heterocycles. The molecule has 1 aromatic heterocycles. The molecule has 0 atom stereocenters. The number of carbonyl (C=O) groups is 1. The van der Waals surface area contributed by atoms with Gasteiger partial charge >= 0.3 is 0 Å². The van der Waals surface area contributed by atoms with Gasteiger partial charge in [0.1, 0.15) is 12.3 Å². The molecule has 2 rings (SSSR count). The molecule has 0 aliphatic heterocycles. The van der Waals surface area contributed by atoms with E-state index in [4.69, 9.17) is 4.42 Å². The van der Waals surface area contributed by atoms with Crippen LogP contribution >= 0.6 is 0 Å². The van der Waals surface area contributed by atoms with Crippen LogP contribution in [0.5, 0.6) is 0 Å². The first-order valence-electron chi connectivity index (χ1n) is 6.76. The minimum absolute atomic E-state index is 0.363. The van der Waals surface area contributed by atoms with Crippen molar-refractivity contribution in [2.45, 2.75) is 6.92 Å². The first-order valence-corrected chi connectivity index (χ1v) is 8.61. The summed E-state index contributed by atoms with van der Waals surface area (Å²) >= 11 is 0. The van der Waals surface area contributed by atoms with Gasteiger partial charge in [-0.05, 0) is 36.8 Å². The Bertz CT molecular complexity index is 798. The lowest BCUT2D eigenvalue weighted by Gasteiger charge is -2.21. The largest absolute Gasteiger partial charge is 0.463 e. The Morgan fingerprint density at radius 3 is 2.74 bits per heavy atom. The predicted molar refractivity (Wildman–Crippen MR) is 87.8 cm³/mol. The number of nitrogens with zero attached hydrogens (tertiary/aromatic N) is 2. The van der Waals surface area contributed by atoms with Gasteiger partial charge in [0.25, 0.3) is 5.91 Å². The molecule has 1 amide bonds. The van der Waals surface area contributed by atoms with Crippen LogP contribution in [0, 0.1) is 6.92 Å². The van der Waals surface area contributed by atoms with E-state index in [9.17, 15) is 13.2 Å². The third-order valence-corrected chi connectivity index (χ3v) is 4.04. The normalized spacial score (nSPS) is 11.6. The number of benzene rings is 1. The Morgan fingerprint density at radius 1 is 1.35 bits per heavy atom. The average Bonchev–Trinajstić information content (AvgIpc) is 2.97. The summed E-state index contributed by atoms with van der Waals surface area (Å²) in [5.74, 6) is -0.0799. The summed E-state index contributed by atoms with van der Waals surface area (Å²) in [6, 6.07) is 10.3. The maximum atomic E-state index is 11.9. The van der Waals surface area contributed by atoms with Crippen molar-refractivity contribution in [3.8, 4) is 0 Å². The smallest absolute Gasteiger partial charge is 0.260 e. The van der Waals surface area contributed by atoms with E-state index in [-0.39, 0.29) is 6.54 Å². The summed E-state index contributed by atoms with van der Waals surface area (Å²) in [6.07, 6.45) is 3.86. The molecule has 0 fully saturated rings. The van der Waals surface area contributed by atoms with Crippen molar-refractivity contribution < 1.29 is 17.6 Å². The van der Waals surface area contributed by atoms with Crippen molar-refractivity contribution in [1.82, 2.24) is 5.43 Å². The fourth-order valence-corrected chi connectivity index (χ4v) is 2.73. The maximum Gasteiger partial charge on any atom is 0.260 e. The van der Waals surface area contributed by atoms with E-state index in [1.165, 1.54) is 12.5 Å². The molecule has 122 valence electrons. The van der Waals surface area contributed by atoms with E-state index in [2.05, 4.69) is 10.5 Å². The first-order chi connectivity index (χ1) is 10.9. The number of hydrogen-bond donors (Lipinski definition) is 1. The van der Waals surface area contributed by atoms with Crippen molar-refractivity contribution in [3.63, 3.8) is 0 Å². The van der Waals surface area contributed by atoms with Gasteiger partial charge in [0.15, 0.2) is 0 Å². The molecule has 1 N–H and O–H groups in total. The van der Waals surface area contributed by atoms with Crippen LogP contribution in [0.4, 0.5) is 5.69 Å². The van der Waals surface area contributed by atoms with Gasteiger partial charge < -0.3 is 4.42 Å². The Hall–Kier alpha value is -2.61. The van der Waals surface area contributed by atoms with Crippen LogP contribution < -0.4 is 9.73 Å². The van der Waals surface area contributed by atoms with Gasteiger partial charge in [-0.1, -0.05) is 12.1 Å². The van der Waals surface area contributed by atoms with E-state index in [0.717, 1.165) is 16.1 Å². The maximum absolute atomic E-state index is 11.9. The molecule has 0 saturated carbocycles. The Labute approximate surface area is 134 Å². The molecule has 0 radical (unpaired) electrons. The minimum atomic E-state index is -3.60. The second-order valence-electron chi connectivity index (χ2n) is 4.92. The summed E-state index contributed by atoms with van der Waals surface area (Å²) in [5, 5.41) is 3.72. The molecule has 0 aliphatic carbocycles. The van der Waals surface area contributed by atoms with Gasteiger partial charge in [0.05, 0.1) is 24.4 Å². The van der Waals surface area contributed by atoms with Gasteiger partial charge in [-0.3, -0.25) is 9.10 Å². The van der Waals surface area contributed by atoms with Crippen LogP contribution in [0.1, 0.15) is 11.3 Å². The number of aryl methyl sites for hydroxylation is 1. The number of hydrazone groups is 1. The van der Waals surface area contributed by atoms with Crippen molar-refractivity contribution in [2.75, 3.05) is 17.1 Å². The van der Waals surface area contributed by atoms with Crippen molar-refractivity contribution in [3.05, 3.63) is 54.0 Å². The lowest BCUT2D eigenvalue weighted by molar-refractivity contribution is -0.119. The lowest BCUT2D eigenvalue weighted by atomic mass is 10.2. The SMILES string of the molecule is Cc1cccc(N(CC(=O)N/N=C/c2ccco2)S(C)(=O)=O)c1. The molecule has 23 heavy (non-hydrogen) atoms. The van der Waals surface area contributed by atoms with Gasteiger partial charge in [-0.2, -0.15) is 5.10 Å².